The quantitative estimate of drug-likeness (QED) is 0.793. The summed E-state index contributed by atoms with van der Waals surface area (Å²) in [5.41, 5.74) is 1.09. The first-order chi connectivity index (χ1) is 8.25. The molecule has 1 amide bonds. The molecule has 0 radical (unpaired) electrons. The smallest absolute Gasteiger partial charge is 0.407 e. The predicted octanol–water partition coefficient (Wildman–Crippen LogP) is 1.27. The number of amides is 1. The van der Waals surface area contributed by atoms with Crippen molar-refractivity contribution in [3.05, 3.63) is 24.5 Å². The Morgan fingerprint density at radius 1 is 1.47 bits per heavy atom. The number of hydrogen-bond acceptors (Lipinski definition) is 3. The minimum absolute atomic E-state index is 0.160. The third-order valence-electron chi connectivity index (χ3n) is 3.80. The highest BCUT2D eigenvalue weighted by Crippen LogP contribution is 2.33. The lowest BCUT2D eigenvalue weighted by atomic mass is 10.1. The first-order valence-electron chi connectivity index (χ1n) is 5.90. The van der Waals surface area contributed by atoms with E-state index in [9.17, 15) is 4.79 Å². The monoisotopic (exact) mass is 233 g/mol. The average molecular weight is 233 g/mol. The van der Waals surface area contributed by atoms with E-state index >= 15 is 0 Å². The second kappa shape index (κ2) is 3.91. The third kappa shape index (κ3) is 1.71. The Kier molecular flexibility index (Phi) is 2.39. The van der Waals surface area contributed by atoms with Gasteiger partial charge in [-0.3, -0.25) is 4.98 Å². The number of nitrogens with zero attached hydrogens (tertiary/aromatic N) is 3. The van der Waals surface area contributed by atoms with Crippen LogP contribution < -0.4 is 4.90 Å². The Hall–Kier alpha value is -1.78. The molecule has 0 unspecified atom stereocenters. The van der Waals surface area contributed by atoms with Gasteiger partial charge in [0.25, 0.3) is 0 Å². The molecule has 5 heteroatoms. The van der Waals surface area contributed by atoms with Gasteiger partial charge in [0.1, 0.15) is 0 Å². The molecule has 90 valence electrons. The Balaban J connectivity index is 1.76. The van der Waals surface area contributed by atoms with E-state index in [4.69, 9.17) is 5.11 Å². The van der Waals surface area contributed by atoms with Crippen LogP contribution in [0, 0.1) is 5.92 Å². The maximum absolute atomic E-state index is 11.1. The van der Waals surface area contributed by atoms with Crippen LogP contribution in [0.3, 0.4) is 0 Å². The standard InChI is InChI=1S/C12H15N3O2/c16-12(17)15-5-3-9-7-14(8-11(9)15)10-2-1-4-13-6-10/h1-2,4,6,9,11H,3,5,7-8H2,(H,16,17)/t9-,11+/m0/s1. The average Bonchev–Trinajstić information content (AvgIpc) is 2.88. The molecule has 2 fully saturated rings. The minimum Gasteiger partial charge on any atom is -0.465 e. The van der Waals surface area contributed by atoms with E-state index < -0.39 is 6.09 Å². The van der Waals surface area contributed by atoms with E-state index in [2.05, 4.69) is 9.88 Å². The van der Waals surface area contributed by atoms with Crippen molar-refractivity contribution in [1.82, 2.24) is 9.88 Å². The molecule has 1 N–H and O–H groups in total. The van der Waals surface area contributed by atoms with Crippen molar-refractivity contribution in [3.63, 3.8) is 0 Å². The Bertz CT molecular complexity index is 423. The third-order valence-corrected chi connectivity index (χ3v) is 3.80. The van der Waals surface area contributed by atoms with Gasteiger partial charge in [0, 0.05) is 31.7 Å². The van der Waals surface area contributed by atoms with Crippen molar-refractivity contribution in [2.45, 2.75) is 12.5 Å². The van der Waals surface area contributed by atoms with Crippen LogP contribution in [-0.2, 0) is 0 Å². The lowest BCUT2D eigenvalue weighted by Gasteiger charge is -2.23. The molecule has 0 bridgehead atoms. The van der Waals surface area contributed by atoms with Gasteiger partial charge in [0.2, 0.25) is 0 Å². The van der Waals surface area contributed by atoms with Gasteiger partial charge in [-0.15, -0.1) is 0 Å². The van der Waals surface area contributed by atoms with Gasteiger partial charge in [-0.05, 0) is 18.6 Å². The molecular weight excluding hydrogens is 218 g/mol. The highest BCUT2D eigenvalue weighted by Gasteiger charge is 2.43. The van der Waals surface area contributed by atoms with Crippen molar-refractivity contribution in [2.75, 3.05) is 24.5 Å². The van der Waals surface area contributed by atoms with Crippen molar-refractivity contribution >= 4 is 11.8 Å². The number of rotatable bonds is 1. The number of hydrogen-bond donors (Lipinski definition) is 1. The summed E-state index contributed by atoms with van der Waals surface area (Å²) in [5.74, 6) is 0.478. The Labute approximate surface area is 99.7 Å². The molecule has 17 heavy (non-hydrogen) atoms. The minimum atomic E-state index is -0.787. The largest absolute Gasteiger partial charge is 0.465 e. The summed E-state index contributed by atoms with van der Waals surface area (Å²) < 4.78 is 0. The molecule has 1 aromatic rings. The highest BCUT2D eigenvalue weighted by atomic mass is 16.4. The van der Waals surface area contributed by atoms with Crippen LogP contribution in [0.1, 0.15) is 6.42 Å². The topological polar surface area (TPSA) is 56.7 Å². The molecule has 0 saturated carbocycles. The van der Waals surface area contributed by atoms with E-state index in [1.165, 1.54) is 0 Å². The molecule has 0 aliphatic carbocycles. The van der Waals surface area contributed by atoms with E-state index in [1.807, 2.05) is 18.3 Å². The number of carbonyl (C=O) groups is 1. The van der Waals surface area contributed by atoms with Gasteiger partial charge < -0.3 is 14.9 Å². The molecule has 2 saturated heterocycles. The number of fused-ring (bicyclic) bond motifs is 1. The van der Waals surface area contributed by atoms with Gasteiger partial charge in [-0.25, -0.2) is 4.79 Å². The number of aromatic nitrogens is 1. The maximum Gasteiger partial charge on any atom is 0.407 e. The SMILES string of the molecule is O=C(O)N1CC[C@H]2CN(c3cccnc3)C[C@H]21. The fraction of sp³-hybridized carbons (Fsp3) is 0.500. The van der Waals surface area contributed by atoms with Gasteiger partial charge in [-0.1, -0.05) is 0 Å². The summed E-state index contributed by atoms with van der Waals surface area (Å²) in [6, 6.07) is 4.10. The first kappa shape index (κ1) is 10.4. The normalized spacial score (nSPS) is 27.3. The zero-order chi connectivity index (χ0) is 11.8. The van der Waals surface area contributed by atoms with Crippen LogP contribution in [0.5, 0.6) is 0 Å². The van der Waals surface area contributed by atoms with Crippen LogP contribution in [0.15, 0.2) is 24.5 Å². The van der Waals surface area contributed by atoms with E-state index in [0.717, 1.165) is 25.2 Å². The van der Waals surface area contributed by atoms with Crippen LogP contribution in [-0.4, -0.2) is 46.8 Å². The molecular formula is C12H15N3O2. The second-order valence-corrected chi connectivity index (χ2v) is 4.71. The van der Waals surface area contributed by atoms with Crippen LogP contribution >= 0.6 is 0 Å². The van der Waals surface area contributed by atoms with Crippen molar-refractivity contribution in [1.29, 1.82) is 0 Å². The first-order valence-corrected chi connectivity index (χ1v) is 5.90. The lowest BCUT2D eigenvalue weighted by molar-refractivity contribution is 0.140. The van der Waals surface area contributed by atoms with Crippen LogP contribution in [0.2, 0.25) is 0 Å². The van der Waals surface area contributed by atoms with Crippen molar-refractivity contribution in [2.24, 2.45) is 5.92 Å². The zero-order valence-electron chi connectivity index (χ0n) is 9.49. The van der Waals surface area contributed by atoms with Crippen LogP contribution in [0.4, 0.5) is 10.5 Å². The molecule has 3 rings (SSSR count). The van der Waals surface area contributed by atoms with Crippen molar-refractivity contribution in [3.8, 4) is 0 Å². The predicted molar refractivity (Wildman–Crippen MR) is 63.1 cm³/mol. The summed E-state index contributed by atoms with van der Waals surface area (Å²) in [5, 5.41) is 9.11. The zero-order valence-corrected chi connectivity index (χ0v) is 9.49. The summed E-state index contributed by atoms with van der Waals surface area (Å²) in [7, 11) is 0. The fourth-order valence-corrected chi connectivity index (χ4v) is 2.95. The van der Waals surface area contributed by atoms with Gasteiger partial charge in [0.15, 0.2) is 0 Å². The summed E-state index contributed by atoms with van der Waals surface area (Å²) in [6.07, 6.45) is 3.79. The Morgan fingerprint density at radius 2 is 2.35 bits per heavy atom. The number of carboxylic acid groups (broad SMARTS) is 1. The molecule has 2 atom stereocenters. The number of anilines is 1. The molecule has 3 heterocycles. The summed E-state index contributed by atoms with van der Waals surface area (Å²) in [6.45, 7) is 2.42. The van der Waals surface area contributed by atoms with E-state index in [-0.39, 0.29) is 6.04 Å². The van der Waals surface area contributed by atoms with Gasteiger partial charge in [-0.2, -0.15) is 0 Å². The Morgan fingerprint density at radius 3 is 3.06 bits per heavy atom. The molecule has 1 aromatic heterocycles. The maximum atomic E-state index is 11.1. The molecule has 2 aliphatic heterocycles. The number of likely N-dealkylation sites (tertiary alicyclic amines) is 1. The van der Waals surface area contributed by atoms with Crippen molar-refractivity contribution < 1.29 is 9.90 Å². The lowest BCUT2D eigenvalue weighted by Crippen LogP contribution is -2.38. The van der Waals surface area contributed by atoms with Gasteiger partial charge >= 0.3 is 6.09 Å². The highest BCUT2D eigenvalue weighted by molar-refractivity contribution is 5.66. The molecule has 0 aromatic carbocycles. The van der Waals surface area contributed by atoms with E-state index in [0.29, 0.717) is 12.5 Å². The molecule has 2 aliphatic rings. The van der Waals surface area contributed by atoms with Gasteiger partial charge in [0.05, 0.1) is 17.9 Å². The molecule has 0 spiro atoms. The van der Waals surface area contributed by atoms with Crippen LogP contribution in [0.25, 0.3) is 0 Å². The number of pyridine rings is 1. The fourth-order valence-electron chi connectivity index (χ4n) is 2.95. The summed E-state index contributed by atoms with van der Waals surface area (Å²) in [4.78, 5) is 19.0. The summed E-state index contributed by atoms with van der Waals surface area (Å²) >= 11 is 0. The molecule has 5 nitrogen and oxygen atoms in total. The second-order valence-electron chi connectivity index (χ2n) is 4.71. The van der Waals surface area contributed by atoms with E-state index in [1.54, 1.807) is 11.1 Å².